The van der Waals surface area contributed by atoms with Crippen LogP contribution in [0.1, 0.15) is 6.42 Å². The highest BCUT2D eigenvalue weighted by molar-refractivity contribution is 5.69. The fourth-order valence-corrected chi connectivity index (χ4v) is 2.05. The van der Waals surface area contributed by atoms with Gasteiger partial charge in [0.25, 0.3) is 5.56 Å². The number of nitrogens with one attached hydrogen (secondary N) is 3. The lowest BCUT2D eigenvalue weighted by atomic mass is 10.2. The van der Waals surface area contributed by atoms with Gasteiger partial charge in [0.2, 0.25) is 5.95 Å². The third kappa shape index (κ3) is 2.18. The Morgan fingerprint density at radius 1 is 1.58 bits per heavy atom. The summed E-state index contributed by atoms with van der Waals surface area (Å²) in [4.78, 5) is 24.9. The van der Waals surface area contributed by atoms with Crippen LogP contribution in [0.2, 0.25) is 0 Å². The van der Waals surface area contributed by atoms with Gasteiger partial charge in [-0.15, -0.1) is 0 Å². The SMILES string of the molecule is O=c1[nH]c(NC2C[C@H](O)[C@@H](CO)O2)nc2nc[nH]c12. The summed E-state index contributed by atoms with van der Waals surface area (Å²) in [6.45, 7) is -0.262. The average molecular weight is 267 g/mol. The van der Waals surface area contributed by atoms with E-state index in [1.807, 2.05) is 0 Å². The molecule has 2 aromatic heterocycles. The van der Waals surface area contributed by atoms with Gasteiger partial charge in [0.15, 0.2) is 11.2 Å². The quantitative estimate of drug-likeness (QED) is 0.457. The Balaban J connectivity index is 1.80. The molecule has 0 amide bonds. The second kappa shape index (κ2) is 4.61. The van der Waals surface area contributed by atoms with E-state index in [1.54, 1.807) is 0 Å². The summed E-state index contributed by atoms with van der Waals surface area (Å²) in [6, 6.07) is 0. The van der Waals surface area contributed by atoms with Crippen LogP contribution in [0.3, 0.4) is 0 Å². The number of rotatable bonds is 3. The van der Waals surface area contributed by atoms with E-state index in [9.17, 15) is 9.90 Å². The Morgan fingerprint density at radius 3 is 3.16 bits per heavy atom. The van der Waals surface area contributed by atoms with Crippen molar-refractivity contribution in [2.75, 3.05) is 11.9 Å². The summed E-state index contributed by atoms with van der Waals surface area (Å²) >= 11 is 0. The number of anilines is 1. The van der Waals surface area contributed by atoms with Gasteiger partial charge < -0.3 is 25.3 Å². The summed E-state index contributed by atoms with van der Waals surface area (Å²) in [7, 11) is 0. The lowest BCUT2D eigenvalue weighted by Gasteiger charge is -2.13. The van der Waals surface area contributed by atoms with Crippen LogP contribution >= 0.6 is 0 Å². The molecule has 0 spiro atoms. The molecule has 0 aliphatic carbocycles. The number of aromatic amines is 2. The van der Waals surface area contributed by atoms with Crippen LogP contribution in [0.15, 0.2) is 11.1 Å². The summed E-state index contributed by atoms with van der Waals surface area (Å²) in [5.41, 5.74) is 0.247. The Bertz CT molecular complexity index is 638. The fourth-order valence-electron chi connectivity index (χ4n) is 2.05. The topological polar surface area (TPSA) is 136 Å². The molecule has 1 unspecified atom stereocenters. The second-order valence-corrected chi connectivity index (χ2v) is 4.31. The molecule has 102 valence electrons. The van der Waals surface area contributed by atoms with E-state index < -0.39 is 18.4 Å². The summed E-state index contributed by atoms with van der Waals surface area (Å²) in [6.07, 6.45) is -0.213. The second-order valence-electron chi connectivity index (χ2n) is 4.31. The van der Waals surface area contributed by atoms with E-state index in [0.717, 1.165) is 0 Å². The van der Waals surface area contributed by atoms with Crippen molar-refractivity contribution in [1.29, 1.82) is 0 Å². The molecule has 19 heavy (non-hydrogen) atoms. The Kier molecular flexibility index (Phi) is 2.93. The first kappa shape index (κ1) is 12.1. The standard InChI is InChI=1S/C10H13N5O4/c16-2-5-4(17)1-6(19-5)13-10-14-8-7(9(18)15-10)11-3-12-8/h3-6,16-17H,1-2H2,(H3,11,12,13,14,15,18)/t4-,5+,6?/m0/s1. The summed E-state index contributed by atoms with van der Waals surface area (Å²) in [5.74, 6) is 0.209. The maximum absolute atomic E-state index is 11.7. The third-order valence-electron chi connectivity index (χ3n) is 3.00. The van der Waals surface area contributed by atoms with E-state index >= 15 is 0 Å². The number of hydrogen-bond acceptors (Lipinski definition) is 7. The van der Waals surface area contributed by atoms with Gasteiger partial charge >= 0.3 is 0 Å². The molecule has 0 radical (unpaired) electrons. The number of H-pyrrole nitrogens is 2. The number of nitrogens with zero attached hydrogens (tertiary/aromatic N) is 2. The van der Waals surface area contributed by atoms with Crippen LogP contribution in [0.25, 0.3) is 11.2 Å². The number of aliphatic hydroxyl groups excluding tert-OH is 2. The number of imidazole rings is 1. The molecule has 1 aliphatic rings. The number of aliphatic hydroxyl groups is 2. The Labute approximate surface area is 106 Å². The highest BCUT2D eigenvalue weighted by atomic mass is 16.5. The molecular weight excluding hydrogens is 254 g/mol. The first-order valence-corrected chi connectivity index (χ1v) is 5.81. The molecule has 5 N–H and O–H groups in total. The molecule has 9 nitrogen and oxygen atoms in total. The molecule has 1 saturated heterocycles. The number of aromatic nitrogens is 4. The van der Waals surface area contributed by atoms with Crippen molar-refractivity contribution in [2.45, 2.75) is 24.9 Å². The molecule has 3 rings (SSSR count). The lowest BCUT2D eigenvalue weighted by molar-refractivity contribution is -0.0150. The van der Waals surface area contributed by atoms with Crippen molar-refractivity contribution in [1.82, 2.24) is 19.9 Å². The molecule has 0 saturated carbocycles. The van der Waals surface area contributed by atoms with Gasteiger partial charge in [-0.25, -0.2) is 4.98 Å². The van der Waals surface area contributed by atoms with Crippen LogP contribution in [-0.2, 0) is 4.74 Å². The van der Waals surface area contributed by atoms with Gasteiger partial charge in [-0.05, 0) is 0 Å². The maximum Gasteiger partial charge on any atom is 0.278 e. The van der Waals surface area contributed by atoms with E-state index in [4.69, 9.17) is 9.84 Å². The van der Waals surface area contributed by atoms with Gasteiger partial charge in [0.05, 0.1) is 19.0 Å². The van der Waals surface area contributed by atoms with Gasteiger partial charge in [0, 0.05) is 6.42 Å². The van der Waals surface area contributed by atoms with Crippen LogP contribution < -0.4 is 10.9 Å². The molecule has 0 bridgehead atoms. The monoisotopic (exact) mass is 267 g/mol. The van der Waals surface area contributed by atoms with Crippen molar-refractivity contribution >= 4 is 17.1 Å². The largest absolute Gasteiger partial charge is 0.394 e. The maximum atomic E-state index is 11.7. The molecule has 9 heteroatoms. The minimum atomic E-state index is -0.747. The Hall–Kier alpha value is -1.97. The minimum absolute atomic E-state index is 0.209. The highest BCUT2D eigenvalue weighted by Crippen LogP contribution is 2.20. The number of ether oxygens (including phenoxy) is 1. The molecule has 2 aromatic rings. The van der Waals surface area contributed by atoms with Crippen molar-refractivity contribution < 1.29 is 14.9 Å². The molecule has 1 fully saturated rings. The zero-order chi connectivity index (χ0) is 13.4. The zero-order valence-electron chi connectivity index (χ0n) is 9.83. The smallest absolute Gasteiger partial charge is 0.278 e. The zero-order valence-corrected chi connectivity index (χ0v) is 9.83. The Morgan fingerprint density at radius 2 is 2.42 bits per heavy atom. The van der Waals surface area contributed by atoms with E-state index in [0.29, 0.717) is 17.6 Å². The predicted molar refractivity (Wildman–Crippen MR) is 64.5 cm³/mol. The third-order valence-corrected chi connectivity index (χ3v) is 3.00. The minimum Gasteiger partial charge on any atom is -0.394 e. The van der Waals surface area contributed by atoms with E-state index in [-0.39, 0.29) is 18.1 Å². The summed E-state index contributed by atoms with van der Waals surface area (Å²) < 4.78 is 5.36. The van der Waals surface area contributed by atoms with Gasteiger partial charge in [0.1, 0.15) is 12.3 Å². The first-order valence-electron chi connectivity index (χ1n) is 5.81. The molecule has 1 aliphatic heterocycles. The van der Waals surface area contributed by atoms with Gasteiger partial charge in [-0.2, -0.15) is 4.98 Å². The summed E-state index contributed by atoms with van der Waals surface area (Å²) in [5, 5.41) is 21.4. The predicted octanol–water partition coefficient (Wildman–Crippen LogP) is -1.47. The van der Waals surface area contributed by atoms with Crippen molar-refractivity contribution in [2.24, 2.45) is 0 Å². The van der Waals surface area contributed by atoms with Crippen LogP contribution in [0.4, 0.5) is 5.95 Å². The van der Waals surface area contributed by atoms with Crippen LogP contribution in [0, 0.1) is 0 Å². The molecule has 3 heterocycles. The van der Waals surface area contributed by atoms with Crippen LogP contribution in [-0.4, -0.2) is 55.2 Å². The molecule has 3 atom stereocenters. The normalized spacial score (nSPS) is 26.9. The number of fused-ring (bicyclic) bond motifs is 1. The van der Waals surface area contributed by atoms with Crippen molar-refractivity contribution in [3.63, 3.8) is 0 Å². The van der Waals surface area contributed by atoms with Gasteiger partial charge in [-0.1, -0.05) is 0 Å². The lowest BCUT2D eigenvalue weighted by Crippen LogP contribution is -2.25. The molecule has 0 aromatic carbocycles. The highest BCUT2D eigenvalue weighted by Gasteiger charge is 2.33. The average Bonchev–Trinajstić information content (AvgIpc) is 2.96. The van der Waals surface area contributed by atoms with Gasteiger partial charge in [-0.3, -0.25) is 9.78 Å². The van der Waals surface area contributed by atoms with Crippen LogP contribution in [0.5, 0.6) is 0 Å². The van der Waals surface area contributed by atoms with Crippen molar-refractivity contribution in [3.05, 3.63) is 16.7 Å². The fraction of sp³-hybridized carbons (Fsp3) is 0.500. The first-order chi connectivity index (χ1) is 9.17. The van der Waals surface area contributed by atoms with E-state index in [2.05, 4.69) is 25.3 Å². The van der Waals surface area contributed by atoms with Crippen molar-refractivity contribution in [3.8, 4) is 0 Å². The van der Waals surface area contributed by atoms with E-state index in [1.165, 1.54) is 6.33 Å². The molecular formula is C10H13N5O4. The number of hydrogen-bond donors (Lipinski definition) is 5.